The predicted octanol–water partition coefficient (Wildman–Crippen LogP) is 2.26. The fraction of sp³-hybridized carbons (Fsp3) is 0.286. The summed E-state index contributed by atoms with van der Waals surface area (Å²) in [5, 5.41) is 15.5. The average Bonchev–Trinajstić information content (AvgIpc) is 2.94. The molecule has 0 saturated heterocycles. The zero-order valence-electron chi connectivity index (χ0n) is 10.8. The van der Waals surface area contributed by atoms with Crippen molar-refractivity contribution in [1.82, 2.24) is 9.88 Å². The Labute approximate surface area is 127 Å². The first kappa shape index (κ1) is 13.5. The number of hydrogen-bond donors (Lipinski definition) is 2. The standard InChI is InChI=1S/C14H15N3OS2/c18-9-12-6-10-3-5-20-13(10)8-17(12)14(19)16-11-2-1-4-15-7-11/h1-5,7,12,18H,6,8-9H2,(H,16,19). The van der Waals surface area contributed by atoms with Crippen molar-refractivity contribution in [3.63, 3.8) is 0 Å². The van der Waals surface area contributed by atoms with Crippen molar-refractivity contribution in [3.05, 3.63) is 46.4 Å². The number of hydrogen-bond acceptors (Lipinski definition) is 4. The fourth-order valence-corrected chi connectivity index (χ4v) is 3.61. The van der Waals surface area contributed by atoms with Crippen LogP contribution in [0.4, 0.5) is 5.69 Å². The molecule has 0 aliphatic carbocycles. The second-order valence-corrected chi connectivity index (χ2v) is 6.10. The molecule has 0 saturated carbocycles. The maximum absolute atomic E-state index is 9.60. The largest absolute Gasteiger partial charge is 0.394 e. The number of aliphatic hydroxyl groups excluding tert-OH is 1. The highest BCUT2D eigenvalue weighted by Crippen LogP contribution is 2.28. The average molecular weight is 305 g/mol. The van der Waals surface area contributed by atoms with E-state index in [1.54, 1.807) is 23.7 Å². The molecule has 0 radical (unpaired) electrons. The molecule has 2 aromatic heterocycles. The zero-order chi connectivity index (χ0) is 13.9. The highest BCUT2D eigenvalue weighted by molar-refractivity contribution is 7.80. The second kappa shape index (κ2) is 5.87. The van der Waals surface area contributed by atoms with Crippen molar-refractivity contribution in [1.29, 1.82) is 0 Å². The molecular weight excluding hydrogens is 290 g/mol. The number of thiocarbonyl (C=S) groups is 1. The maximum Gasteiger partial charge on any atom is 0.174 e. The smallest absolute Gasteiger partial charge is 0.174 e. The molecule has 1 aliphatic rings. The van der Waals surface area contributed by atoms with E-state index in [-0.39, 0.29) is 12.6 Å². The summed E-state index contributed by atoms with van der Waals surface area (Å²) in [4.78, 5) is 7.44. The lowest BCUT2D eigenvalue weighted by Gasteiger charge is -2.36. The number of thiophene rings is 1. The van der Waals surface area contributed by atoms with Crippen LogP contribution in [0.15, 0.2) is 36.0 Å². The summed E-state index contributed by atoms with van der Waals surface area (Å²) in [5.41, 5.74) is 2.20. The van der Waals surface area contributed by atoms with E-state index in [1.165, 1.54) is 10.4 Å². The molecular formula is C14H15N3OS2. The highest BCUT2D eigenvalue weighted by Gasteiger charge is 2.28. The number of rotatable bonds is 2. The number of aromatic nitrogens is 1. The molecule has 0 spiro atoms. The Morgan fingerprint density at radius 3 is 3.20 bits per heavy atom. The van der Waals surface area contributed by atoms with Crippen LogP contribution >= 0.6 is 23.6 Å². The molecule has 6 heteroatoms. The lowest BCUT2D eigenvalue weighted by molar-refractivity contribution is 0.169. The summed E-state index contributed by atoms with van der Waals surface area (Å²) in [6.07, 6.45) is 4.30. The number of nitrogens with one attached hydrogen (secondary N) is 1. The maximum atomic E-state index is 9.60. The molecule has 1 aliphatic heterocycles. The van der Waals surface area contributed by atoms with Crippen molar-refractivity contribution in [2.45, 2.75) is 19.0 Å². The highest BCUT2D eigenvalue weighted by atomic mass is 32.1. The number of fused-ring (bicyclic) bond motifs is 1. The summed E-state index contributed by atoms with van der Waals surface area (Å²) in [5.74, 6) is 0. The summed E-state index contributed by atoms with van der Waals surface area (Å²) in [6, 6.07) is 5.96. The Balaban J connectivity index is 1.77. The molecule has 3 rings (SSSR count). The van der Waals surface area contributed by atoms with Gasteiger partial charge in [0, 0.05) is 11.1 Å². The Kier molecular flexibility index (Phi) is 3.95. The second-order valence-electron chi connectivity index (χ2n) is 4.71. The van der Waals surface area contributed by atoms with E-state index in [2.05, 4.69) is 26.6 Å². The number of aliphatic hydroxyl groups is 1. The van der Waals surface area contributed by atoms with Crippen molar-refractivity contribution in [2.75, 3.05) is 11.9 Å². The van der Waals surface area contributed by atoms with Gasteiger partial charge in [0.05, 0.1) is 31.1 Å². The molecule has 2 aromatic rings. The van der Waals surface area contributed by atoms with E-state index in [0.717, 1.165) is 18.7 Å². The van der Waals surface area contributed by atoms with Crippen LogP contribution in [0, 0.1) is 0 Å². The van der Waals surface area contributed by atoms with Gasteiger partial charge in [0.25, 0.3) is 0 Å². The van der Waals surface area contributed by atoms with E-state index in [0.29, 0.717) is 5.11 Å². The van der Waals surface area contributed by atoms with E-state index in [1.807, 2.05) is 12.1 Å². The van der Waals surface area contributed by atoms with Gasteiger partial charge in [0.1, 0.15) is 0 Å². The monoisotopic (exact) mass is 305 g/mol. The molecule has 1 unspecified atom stereocenters. The Morgan fingerprint density at radius 2 is 2.45 bits per heavy atom. The number of anilines is 1. The molecule has 2 N–H and O–H groups in total. The topological polar surface area (TPSA) is 48.4 Å². The van der Waals surface area contributed by atoms with Crippen molar-refractivity contribution in [3.8, 4) is 0 Å². The van der Waals surface area contributed by atoms with Crippen LogP contribution < -0.4 is 5.32 Å². The van der Waals surface area contributed by atoms with Crippen LogP contribution in [-0.2, 0) is 13.0 Å². The van der Waals surface area contributed by atoms with Crippen LogP contribution in [-0.4, -0.2) is 32.8 Å². The van der Waals surface area contributed by atoms with Crippen LogP contribution in [0.3, 0.4) is 0 Å². The normalized spacial score (nSPS) is 17.6. The minimum atomic E-state index is 0.0359. The minimum absolute atomic E-state index is 0.0359. The minimum Gasteiger partial charge on any atom is -0.394 e. The number of pyridine rings is 1. The zero-order valence-corrected chi connectivity index (χ0v) is 12.5. The van der Waals surface area contributed by atoms with Crippen molar-refractivity contribution >= 4 is 34.4 Å². The van der Waals surface area contributed by atoms with E-state index < -0.39 is 0 Å². The first-order valence-corrected chi connectivity index (χ1v) is 7.70. The van der Waals surface area contributed by atoms with E-state index in [9.17, 15) is 5.11 Å². The van der Waals surface area contributed by atoms with Gasteiger partial charge in [-0.3, -0.25) is 4.98 Å². The van der Waals surface area contributed by atoms with Gasteiger partial charge in [0.15, 0.2) is 5.11 Å². The third-order valence-corrected chi connectivity index (χ3v) is 4.72. The van der Waals surface area contributed by atoms with Crippen LogP contribution in [0.2, 0.25) is 0 Å². The Hall–Kier alpha value is -1.50. The van der Waals surface area contributed by atoms with Gasteiger partial charge in [0.2, 0.25) is 0 Å². The lowest BCUT2D eigenvalue weighted by Crippen LogP contribution is -2.47. The molecule has 0 amide bonds. The summed E-state index contributed by atoms with van der Waals surface area (Å²) < 4.78 is 0. The summed E-state index contributed by atoms with van der Waals surface area (Å²) in [7, 11) is 0. The molecule has 3 heterocycles. The molecule has 0 bridgehead atoms. The fourth-order valence-electron chi connectivity index (χ4n) is 2.37. The van der Waals surface area contributed by atoms with Gasteiger partial charge >= 0.3 is 0 Å². The lowest BCUT2D eigenvalue weighted by atomic mass is 10.0. The van der Waals surface area contributed by atoms with Gasteiger partial charge in [-0.2, -0.15) is 0 Å². The molecule has 20 heavy (non-hydrogen) atoms. The quantitative estimate of drug-likeness (QED) is 0.834. The van der Waals surface area contributed by atoms with Crippen LogP contribution in [0.5, 0.6) is 0 Å². The van der Waals surface area contributed by atoms with Gasteiger partial charge in [-0.05, 0) is 47.8 Å². The molecule has 104 valence electrons. The Bertz CT molecular complexity index is 599. The van der Waals surface area contributed by atoms with E-state index in [4.69, 9.17) is 12.2 Å². The van der Waals surface area contributed by atoms with Gasteiger partial charge in [-0.25, -0.2) is 0 Å². The predicted molar refractivity (Wildman–Crippen MR) is 84.9 cm³/mol. The van der Waals surface area contributed by atoms with Crippen LogP contribution in [0.25, 0.3) is 0 Å². The third-order valence-electron chi connectivity index (χ3n) is 3.43. The molecule has 1 atom stereocenters. The molecule has 0 aromatic carbocycles. The third kappa shape index (κ3) is 2.67. The molecule has 0 fully saturated rings. The number of nitrogens with zero attached hydrogens (tertiary/aromatic N) is 2. The SMILES string of the molecule is OCC1Cc2ccsc2CN1C(=S)Nc1cccnc1. The van der Waals surface area contributed by atoms with Crippen LogP contribution in [0.1, 0.15) is 10.4 Å². The molecule has 4 nitrogen and oxygen atoms in total. The first-order valence-electron chi connectivity index (χ1n) is 6.41. The Morgan fingerprint density at radius 1 is 1.55 bits per heavy atom. The van der Waals surface area contributed by atoms with E-state index >= 15 is 0 Å². The van der Waals surface area contributed by atoms with Crippen molar-refractivity contribution < 1.29 is 5.11 Å². The van der Waals surface area contributed by atoms with Gasteiger partial charge < -0.3 is 15.3 Å². The van der Waals surface area contributed by atoms with Crippen molar-refractivity contribution in [2.24, 2.45) is 0 Å². The summed E-state index contributed by atoms with van der Waals surface area (Å²) >= 11 is 7.23. The summed E-state index contributed by atoms with van der Waals surface area (Å²) in [6.45, 7) is 0.856. The first-order chi connectivity index (χ1) is 9.78. The van der Waals surface area contributed by atoms with Gasteiger partial charge in [-0.1, -0.05) is 0 Å². The van der Waals surface area contributed by atoms with Gasteiger partial charge in [-0.15, -0.1) is 11.3 Å².